The number of aliphatic hydroxyl groups is 1. The highest BCUT2D eigenvalue weighted by Crippen LogP contribution is 2.29. The van der Waals surface area contributed by atoms with Crippen LogP contribution in [-0.4, -0.2) is 31.3 Å². The second-order valence-electron chi connectivity index (χ2n) is 6.46. The summed E-state index contributed by atoms with van der Waals surface area (Å²) in [5.74, 6) is 0.665. The van der Waals surface area contributed by atoms with Crippen molar-refractivity contribution in [3.05, 3.63) is 70.6 Å². The lowest BCUT2D eigenvalue weighted by atomic mass is 10.1. The topological polar surface area (TPSA) is 65.9 Å². The van der Waals surface area contributed by atoms with Crippen LogP contribution >= 0.6 is 11.3 Å². The molecule has 5 nitrogen and oxygen atoms in total. The van der Waals surface area contributed by atoms with E-state index in [1.54, 1.807) is 18.4 Å². The first-order valence-electron chi connectivity index (χ1n) is 9.46. The minimum atomic E-state index is -0.575. The predicted molar refractivity (Wildman–Crippen MR) is 117 cm³/mol. The van der Waals surface area contributed by atoms with Gasteiger partial charge in [0.1, 0.15) is 6.10 Å². The second-order valence-corrected chi connectivity index (χ2v) is 7.58. The Morgan fingerprint density at radius 1 is 1.11 bits per heavy atom. The van der Waals surface area contributed by atoms with Crippen molar-refractivity contribution in [1.82, 2.24) is 10.6 Å². The number of aliphatic hydroxyl groups excluding tert-OH is 1. The van der Waals surface area contributed by atoms with E-state index in [1.807, 2.05) is 25.1 Å². The first-order chi connectivity index (χ1) is 13.7. The number of benzene rings is 2. The molecule has 2 aromatic carbocycles. The first kappa shape index (κ1) is 20.3. The maximum Gasteiger partial charge on any atom is 0.191 e. The smallest absolute Gasteiger partial charge is 0.191 e. The van der Waals surface area contributed by atoms with Gasteiger partial charge in [-0.1, -0.05) is 42.5 Å². The zero-order chi connectivity index (χ0) is 19.8. The third-order valence-corrected chi connectivity index (χ3v) is 5.63. The van der Waals surface area contributed by atoms with Gasteiger partial charge in [-0.3, -0.25) is 4.99 Å². The zero-order valence-corrected chi connectivity index (χ0v) is 17.1. The van der Waals surface area contributed by atoms with E-state index in [-0.39, 0.29) is 0 Å². The molecule has 0 aliphatic rings. The van der Waals surface area contributed by atoms with Crippen molar-refractivity contribution in [2.45, 2.75) is 26.2 Å². The van der Waals surface area contributed by atoms with Crippen LogP contribution in [-0.2, 0) is 17.9 Å². The van der Waals surface area contributed by atoms with Crippen LogP contribution in [0.15, 0.2) is 59.6 Å². The van der Waals surface area contributed by atoms with Crippen molar-refractivity contribution in [2.24, 2.45) is 4.99 Å². The molecule has 0 aliphatic carbocycles. The zero-order valence-electron chi connectivity index (χ0n) is 16.3. The summed E-state index contributed by atoms with van der Waals surface area (Å²) in [4.78, 5) is 5.19. The monoisotopic (exact) mass is 397 g/mol. The Kier molecular flexibility index (Phi) is 7.42. The van der Waals surface area contributed by atoms with Crippen LogP contribution in [0.1, 0.15) is 29.0 Å². The van der Waals surface area contributed by atoms with Crippen LogP contribution in [0.3, 0.4) is 0 Å². The van der Waals surface area contributed by atoms with Gasteiger partial charge in [0.05, 0.1) is 6.61 Å². The molecule has 3 N–H and O–H groups in total. The van der Waals surface area contributed by atoms with Crippen molar-refractivity contribution in [3.63, 3.8) is 0 Å². The van der Waals surface area contributed by atoms with E-state index in [4.69, 9.17) is 4.74 Å². The Labute approximate surface area is 170 Å². The van der Waals surface area contributed by atoms with Crippen LogP contribution < -0.4 is 10.6 Å². The summed E-state index contributed by atoms with van der Waals surface area (Å²) in [6.45, 7) is 4.42. The Bertz CT molecular complexity index is 873. The summed E-state index contributed by atoms with van der Waals surface area (Å²) in [6, 6.07) is 18.5. The maximum atomic E-state index is 10.5. The van der Waals surface area contributed by atoms with Crippen LogP contribution in [0, 0.1) is 0 Å². The SMILES string of the molecule is CCOCc1ccc(CNC(=NC)NCC(O)c2cc3ccccc3s2)cc1. The van der Waals surface area contributed by atoms with Crippen LogP contribution in [0.5, 0.6) is 0 Å². The number of hydrogen-bond donors (Lipinski definition) is 3. The Hall–Kier alpha value is -2.41. The third-order valence-electron chi connectivity index (χ3n) is 4.42. The highest BCUT2D eigenvalue weighted by molar-refractivity contribution is 7.19. The fourth-order valence-corrected chi connectivity index (χ4v) is 3.89. The van der Waals surface area contributed by atoms with Gasteiger partial charge >= 0.3 is 0 Å². The number of thiophene rings is 1. The van der Waals surface area contributed by atoms with E-state index < -0.39 is 6.10 Å². The van der Waals surface area contributed by atoms with Crippen LogP contribution in [0.25, 0.3) is 10.1 Å². The summed E-state index contributed by atoms with van der Waals surface area (Å²) >= 11 is 1.62. The van der Waals surface area contributed by atoms with Gasteiger partial charge in [-0.2, -0.15) is 0 Å². The molecule has 3 rings (SSSR count). The fraction of sp³-hybridized carbons (Fsp3) is 0.318. The van der Waals surface area contributed by atoms with Crippen LogP contribution in [0.2, 0.25) is 0 Å². The third kappa shape index (κ3) is 5.55. The van der Waals surface area contributed by atoms with Gasteiger partial charge in [0, 0.05) is 36.3 Å². The molecule has 0 amide bonds. The molecule has 0 spiro atoms. The van der Waals surface area contributed by atoms with Gasteiger partial charge in [0.2, 0.25) is 0 Å². The lowest BCUT2D eigenvalue weighted by Crippen LogP contribution is -2.38. The maximum absolute atomic E-state index is 10.5. The minimum Gasteiger partial charge on any atom is -0.386 e. The van der Waals surface area contributed by atoms with Crippen molar-refractivity contribution in [2.75, 3.05) is 20.2 Å². The van der Waals surface area contributed by atoms with Crippen LogP contribution in [0.4, 0.5) is 0 Å². The predicted octanol–water partition coefficient (Wildman–Crippen LogP) is 3.84. The Morgan fingerprint density at radius 2 is 1.86 bits per heavy atom. The molecule has 0 aliphatic heterocycles. The standard InChI is InChI=1S/C22H27N3O2S/c1-3-27-15-17-10-8-16(9-11-17)13-24-22(23-2)25-14-19(26)21-12-18-6-4-5-7-20(18)28-21/h4-12,19,26H,3,13-15H2,1-2H3,(H2,23,24,25). The van der Waals surface area contributed by atoms with Crippen molar-refractivity contribution < 1.29 is 9.84 Å². The minimum absolute atomic E-state index is 0.403. The Balaban J connectivity index is 1.48. The highest BCUT2D eigenvalue weighted by Gasteiger charge is 2.12. The van der Waals surface area contributed by atoms with E-state index in [2.05, 4.69) is 52.0 Å². The highest BCUT2D eigenvalue weighted by atomic mass is 32.1. The number of guanidine groups is 1. The molecule has 3 aromatic rings. The number of nitrogens with zero attached hydrogens (tertiary/aromatic N) is 1. The molecule has 0 radical (unpaired) electrons. The quantitative estimate of drug-likeness (QED) is 0.399. The molecule has 28 heavy (non-hydrogen) atoms. The Morgan fingerprint density at radius 3 is 2.57 bits per heavy atom. The summed E-state index contributed by atoms with van der Waals surface area (Å²) in [5.41, 5.74) is 2.33. The van der Waals surface area contributed by atoms with Gasteiger partial charge < -0.3 is 20.5 Å². The summed E-state index contributed by atoms with van der Waals surface area (Å²) in [6.07, 6.45) is -0.575. The lowest BCUT2D eigenvalue weighted by molar-refractivity contribution is 0.134. The molecule has 0 saturated carbocycles. The van der Waals surface area contributed by atoms with Crippen molar-refractivity contribution in [1.29, 1.82) is 0 Å². The molecule has 148 valence electrons. The first-order valence-corrected chi connectivity index (χ1v) is 10.3. The van der Waals surface area contributed by atoms with E-state index in [0.717, 1.165) is 22.4 Å². The number of nitrogens with one attached hydrogen (secondary N) is 2. The fourth-order valence-electron chi connectivity index (χ4n) is 2.84. The lowest BCUT2D eigenvalue weighted by Gasteiger charge is -2.15. The molecular weight excluding hydrogens is 370 g/mol. The average Bonchev–Trinajstić information content (AvgIpc) is 3.17. The largest absolute Gasteiger partial charge is 0.386 e. The molecular formula is C22H27N3O2S. The molecule has 1 unspecified atom stereocenters. The van der Waals surface area contributed by atoms with E-state index in [9.17, 15) is 5.11 Å². The molecule has 1 aromatic heterocycles. The number of rotatable bonds is 8. The second kappa shape index (κ2) is 10.2. The van der Waals surface area contributed by atoms with Gasteiger partial charge in [-0.25, -0.2) is 0 Å². The van der Waals surface area contributed by atoms with Gasteiger partial charge in [-0.05, 0) is 35.6 Å². The summed E-state index contributed by atoms with van der Waals surface area (Å²) < 4.78 is 6.60. The van der Waals surface area contributed by atoms with E-state index in [1.165, 1.54) is 10.3 Å². The molecule has 0 saturated heterocycles. The normalized spacial score (nSPS) is 12.9. The number of hydrogen-bond acceptors (Lipinski definition) is 4. The summed E-state index contributed by atoms with van der Waals surface area (Å²) in [7, 11) is 1.73. The number of aliphatic imine (C=N–C) groups is 1. The molecule has 1 atom stereocenters. The van der Waals surface area contributed by atoms with Gasteiger partial charge in [0.25, 0.3) is 0 Å². The number of fused-ring (bicyclic) bond motifs is 1. The summed E-state index contributed by atoms with van der Waals surface area (Å²) in [5, 5.41) is 18.1. The van der Waals surface area contributed by atoms with Crippen molar-refractivity contribution >= 4 is 27.4 Å². The van der Waals surface area contributed by atoms with E-state index >= 15 is 0 Å². The molecule has 1 heterocycles. The van der Waals surface area contributed by atoms with Gasteiger partial charge in [0.15, 0.2) is 5.96 Å². The molecule has 6 heteroatoms. The van der Waals surface area contributed by atoms with Crippen molar-refractivity contribution in [3.8, 4) is 0 Å². The number of ether oxygens (including phenoxy) is 1. The van der Waals surface area contributed by atoms with E-state index in [0.29, 0.717) is 25.7 Å². The molecule has 0 bridgehead atoms. The average molecular weight is 398 g/mol. The molecule has 0 fully saturated rings. The van der Waals surface area contributed by atoms with Gasteiger partial charge in [-0.15, -0.1) is 11.3 Å².